The fourth-order valence-corrected chi connectivity index (χ4v) is 1.84. The Kier molecular flexibility index (Phi) is 6.62. The standard InChI is InChI=1S/C16H26N2O3/c1-12(11-18-15(20)21-16(2,3)4)8-9-14(19)13-7-5-6-10-17-13/h5-7,10,12,14,19H,8-9,11H2,1-4H3,(H,18,20). The molecule has 0 aliphatic carbocycles. The van der Waals surface area contributed by atoms with E-state index in [0.29, 0.717) is 18.7 Å². The fraction of sp³-hybridized carbons (Fsp3) is 0.625. The van der Waals surface area contributed by atoms with E-state index in [1.807, 2.05) is 45.9 Å². The zero-order chi connectivity index (χ0) is 15.9. The van der Waals surface area contributed by atoms with Crippen molar-refractivity contribution in [3.05, 3.63) is 30.1 Å². The van der Waals surface area contributed by atoms with Gasteiger partial charge in [-0.25, -0.2) is 4.79 Å². The molecule has 2 unspecified atom stereocenters. The molecule has 21 heavy (non-hydrogen) atoms. The molecule has 0 saturated carbocycles. The number of aliphatic hydroxyl groups excluding tert-OH is 1. The first-order valence-electron chi connectivity index (χ1n) is 7.34. The van der Waals surface area contributed by atoms with Crippen LogP contribution in [-0.4, -0.2) is 28.3 Å². The van der Waals surface area contributed by atoms with Gasteiger partial charge in [0.2, 0.25) is 0 Å². The Morgan fingerprint density at radius 3 is 2.67 bits per heavy atom. The molecule has 0 radical (unpaired) electrons. The van der Waals surface area contributed by atoms with Crippen LogP contribution in [0, 0.1) is 5.92 Å². The van der Waals surface area contributed by atoms with E-state index in [0.717, 1.165) is 6.42 Å². The minimum Gasteiger partial charge on any atom is -0.444 e. The van der Waals surface area contributed by atoms with Gasteiger partial charge < -0.3 is 15.2 Å². The second-order valence-electron chi connectivity index (χ2n) is 6.34. The third-order valence-corrected chi connectivity index (χ3v) is 2.96. The number of hydrogen-bond acceptors (Lipinski definition) is 4. The van der Waals surface area contributed by atoms with Gasteiger partial charge in [-0.05, 0) is 51.7 Å². The minimum atomic E-state index is -0.560. The molecule has 0 aliphatic rings. The molecular weight excluding hydrogens is 268 g/mol. The van der Waals surface area contributed by atoms with E-state index in [-0.39, 0.29) is 5.92 Å². The summed E-state index contributed by atoms with van der Waals surface area (Å²) in [6, 6.07) is 5.50. The summed E-state index contributed by atoms with van der Waals surface area (Å²) in [5, 5.41) is 12.8. The average molecular weight is 294 g/mol. The number of nitrogens with one attached hydrogen (secondary N) is 1. The van der Waals surface area contributed by atoms with Crippen molar-refractivity contribution in [1.29, 1.82) is 0 Å². The Morgan fingerprint density at radius 1 is 1.38 bits per heavy atom. The molecule has 1 amide bonds. The topological polar surface area (TPSA) is 71.5 Å². The summed E-state index contributed by atoms with van der Waals surface area (Å²) in [6.07, 6.45) is 2.13. The van der Waals surface area contributed by atoms with Gasteiger partial charge in [0.15, 0.2) is 0 Å². The Bertz CT molecular complexity index is 429. The maximum Gasteiger partial charge on any atom is 0.407 e. The normalized spacial score (nSPS) is 14.3. The van der Waals surface area contributed by atoms with Gasteiger partial charge in [-0.1, -0.05) is 13.0 Å². The van der Waals surface area contributed by atoms with Crippen molar-refractivity contribution < 1.29 is 14.6 Å². The summed E-state index contributed by atoms with van der Waals surface area (Å²) in [6.45, 7) is 8.06. The van der Waals surface area contributed by atoms with Crippen LogP contribution in [0.25, 0.3) is 0 Å². The van der Waals surface area contributed by atoms with Crippen LogP contribution in [0.1, 0.15) is 52.3 Å². The first kappa shape index (κ1) is 17.4. The van der Waals surface area contributed by atoms with Crippen LogP contribution in [0.15, 0.2) is 24.4 Å². The Labute approximate surface area is 126 Å². The number of carbonyl (C=O) groups is 1. The number of amides is 1. The van der Waals surface area contributed by atoms with E-state index in [4.69, 9.17) is 4.74 Å². The summed E-state index contributed by atoms with van der Waals surface area (Å²) < 4.78 is 5.17. The van der Waals surface area contributed by atoms with Crippen molar-refractivity contribution in [2.24, 2.45) is 5.92 Å². The van der Waals surface area contributed by atoms with Crippen molar-refractivity contribution in [2.75, 3.05) is 6.54 Å². The SMILES string of the molecule is CC(CCC(O)c1ccccn1)CNC(=O)OC(C)(C)C. The predicted molar refractivity (Wildman–Crippen MR) is 81.8 cm³/mol. The Balaban J connectivity index is 2.25. The number of aromatic nitrogens is 1. The van der Waals surface area contributed by atoms with Crippen molar-refractivity contribution in [1.82, 2.24) is 10.3 Å². The van der Waals surface area contributed by atoms with Gasteiger partial charge in [-0.2, -0.15) is 0 Å². The second kappa shape index (κ2) is 7.98. The number of pyridine rings is 1. The van der Waals surface area contributed by atoms with Crippen molar-refractivity contribution in [3.63, 3.8) is 0 Å². The molecular formula is C16H26N2O3. The Morgan fingerprint density at radius 2 is 2.10 bits per heavy atom. The van der Waals surface area contributed by atoms with Crippen LogP contribution >= 0.6 is 0 Å². The minimum absolute atomic E-state index is 0.260. The largest absolute Gasteiger partial charge is 0.444 e. The van der Waals surface area contributed by atoms with Crippen LogP contribution in [0.4, 0.5) is 4.79 Å². The predicted octanol–water partition coefficient (Wildman–Crippen LogP) is 3.06. The smallest absolute Gasteiger partial charge is 0.407 e. The highest BCUT2D eigenvalue weighted by Gasteiger charge is 2.17. The average Bonchev–Trinajstić information content (AvgIpc) is 2.41. The number of hydrogen-bond donors (Lipinski definition) is 2. The molecule has 0 spiro atoms. The summed E-state index contributed by atoms with van der Waals surface area (Å²) >= 11 is 0. The molecule has 0 fully saturated rings. The molecule has 2 N–H and O–H groups in total. The zero-order valence-corrected chi connectivity index (χ0v) is 13.3. The van der Waals surface area contributed by atoms with E-state index in [1.165, 1.54) is 0 Å². The van der Waals surface area contributed by atoms with Gasteiger partial charge in [0.25, 0.3) is 0 Å². The quantitative estimate of drug-likeness (QED) is 0.846. The van der Waals surface area contributed by atoms with Gasteiger partial charge >= 0.3 is 6.09 Å². The lowest BCUT2D eigenvalue weighted by atomic mass is 10.0. The first-order valence-corrected chi connectivity index (χ1v) is 7.34. The molecule has 2 atom stereocenters. The molecule has 118 valence electrons. The molecule has 1 aromatic rings. The van der Waals surface area contributed by atoms with Crippen molar-refractivity contribution in [3.8, 4) is 0 Å². The van der Waals surface area contributed by atoms with E-state index in [2.05, 4.69) is 10.3 Å². The molecule has 0 saturated heterocycles. The molecule has 1 aromatic heterocycles. The lowest BCUT2D eigenvalue weighted by molar-refractivity contribution is 0.0518. The molecule has 1 heterocycles. The van der Waals surface area contributed by atoms with Crippen molar-refractivity contribution >= 4 is 6.09 Å². The molecule has 1 rings (SSSR count). The van der Waals surface area contributed by atoms with Gasteiger partial charge in [-0.3, -0.25) is 4.98 Å². The highest BCUT2D eigenvalue weighted by Crippen LogP contribution is 2.18. The van der Waals surface area contributed by atoms with Crippen molar-refractivity contribution in [2.45, 2.75) is 52.2 Å². The van der Waals surface area contributed by atoms with Gasteiger partial charge in [0.1, 0.15) is 5.60 Å². The molecule has 5 nitrogen and oxygen atoms in total. The molecule has 0 aromatic carbocycles. The van der Waals surface area contributed by atoms with E-state index in [9.17, 15) is 9.90 Å². The lowest BCUT2D eigenvalue weighted by Gasteiger charge is -2.21. The number of aliphatic hydroxyl groups is 1. The summed E-state index contributed by atoms with van der Waals surface area (Å²) in [5.74, 6) is 0.260. The van der Waals surface area contributed by atoms with Crippen LogP contribution in [-0.2, 0) is 4.74 Å². The zero-order valence-electron chi connectivity index (χ0n) is 13.3. The summed E-state index contributed by atoms with van der Waals surface area (Å²) in [5.41, 5.74) is 0.201. The summed E-state index contributed by atoms with van der Waals surface area (Å²) in [4.78, 5) is 15.7. The van der Waals surface area contributed by atoms with Crippen LogP contribution < -0.4 is 5.32 Å². The summed E-state index contributed by atoms with van der Waals surface area (Å²) in [7, 11) is 0. The molecule has 0 bridgehead atoms. The maximum absolute atomic E-state index is 11.5. The van der Waals surface area contributed by atoms with E-state index >= 15 is 0 Å². The van der Waals surface area contributed by atoms with E-state index < -0.39 is 17.8 Å². The monoisotopic (exact) mass is 294 g/mol. The highest BCUT2D eigenvalue weighted by atomic mass is 16.6. The number of ether oxygens (including phenoxy) is 1. The maximum atomic E-state index is 11.5. The van der Waals surface area contributed by atoms with Crippen LogP contribution in [0.2, 0.25) is 0 Å². The lowest BCUT2D eigenvalue weighted by Crippen LogP contribution is -2.34. The number of nitrogens with zero attached hydrogens (tertiary/aromatic N) is 1. The van der Waals surface area contributed by atoms with Gasteiger partial charge in [0.05, 0.1) is 11.8 Å². The fourth-order valence-electron chi connectivity index (χ4n) is 1.84. The Hall–Kier alpha value is -1.62. The second-order valence-corrected chi connectivity index (χ2v) is 6.34. The first-order chi connectivity index (χ1) is 9.78. The number of rotatable bonds is 6. The van der Waals surface area contributed by atoms with Gasteiger partial charge in [-0.15, -0.1) is 0 Å². The highest BCUT2D eigenvalue weighted by molar-refractivity contribution is 5.67. The van der Waals surface area contributed by atoms with Gasteiger partial charge in [0, 0.05) is 12.7 Å². The van der Waals surface area contributed by atoms with Crippen LogP contribution in [0.5, 0.6) is 0 Å². The van der Waals surface area contributed by atoms with Crippen LogP contribution in [0.3, 0.4) is 0 Å². The molecule has 5 heteroatoms. The third-order valence-electron chi connectivity index (χ3n) is 2.96. The van der Waals surface area contributed by atoms with E-state index in [1.54, 1.807) is 6.20 Å². The third kappa shape index (κ3) is 7.66. The molecule has 0 aliphatic heterocycles. The number of alkyl carbamates (subject to hydrolysis) is 1. The number of carbonyl (C=O) groups excluding carboxylic acids is 1.